The van der Waals surface area contributed by atoms with Crippen molar-refractivity contribution in [3.8, 4) is 0 Å². The highest BCUT2D eigenvalue weighted by Crippen LogP contribution is 2.35. The number of fused-ring (bicyclic) bond motifs is 1. The Balaban J connectivity index is 1.75. The molecule has 0 bridgehead atoms. The van der Waals surface area contributed by atoms with Crippen molar-refractivity contribution < 1.29 is 15.1 Å². The number of carboxylic acid groups (broad SMARTS) is 1. The first kappa shape index (κ1) is 12.5. The quantitative estimate of drug-likeness (QED) is 0.422. The zero-order valence-electron chi connectivity index (χ0n) is 9.43. The number of thioether (sulfide) groups is 1. The van der Waals surface area contributed by atoms with Gasteiger partial charge in [0.05, 0.1) is 12.1 Å². The summed E-state index contributed by atoms with van der Waals surface area (Å²) in [6, 6.07) is 0.513. The van der Waals surface area contributed by atoms with E-state index in [9.17, 15) is 4.79 Å². The molecule has 0 aromatic carbocycles. The first-order chi connectivity index (χ1) is 8.20. The van der Waals surface area contributed by atoms with E-state index in [1.54, 1.807) is 0 Å². The van der Waals surface area contributed by atoms with Crippen LogP contribution in [0.1, 0.15) is 25.7 Å². The summed E-state index contributed by atoms with van der Waals surface area (Å²) in [5, 5.41) is 20.9. The first-order valence-corrected chi connectivity index (χ1v) is 6.83. The molecule has 0 aliphatic carbocycles. The fourth-order valence-electron chi connectivity index (χ4n) is 2.28. The summed E-state index contributed by atoms with van der Waals surface area (Å²) in [6.45, 7) is 0. The van der Waals surface area contributed by atoms with Crippen LogP contribution >= 0.6 is 11.8 Å². The van der Waals surface area contributed by atoms with Gasteiger partial charge in [-0.05, 0) is 12.8 Å². The van der Waals surface area contributed by atoms with Crippen LogP contribution in [0.15, 0.2) is 4.99 Å². The molecule has 17 heavy (non-hydrogen) atoms. The molecule has 1 fully saturated rings. The highest BCUT2D eigenvalue weighted by atomic mass is 32.2. The van der Waals surface area contributed by atoms with Gasteiger partial charge in [-0.25, -0.2) is 10.5 Å². The fraction of sp³-hybridized carbons (Fsp3) is 0.800. The Hall–Kier alpha value is -0.950. The zero-order valence-corrected chi connectivity index (χ0v) is 10.2. The minimum atomic E-state index is -0.728. The molecule has 2 rings (SSSR count). The number of hydrogen-bond acceptors (Lipinski definition) is 6. The van der Waals surface area contributed by atoms with Gasteiger partial charge in [0.1, 0.15) is 0 Å². The second-order valence-corrected chi connectivity index (χ2v) is 5.61. The van der Waals surface area contributed by atoms with Crippen molar-refractivity contribution in [2.45, 2.75) is 43.0 Å². The van der Waals surface area contributed by atoms with Crippen molar-refractivity contribution in [1.82, 2.24) is 10.8 Å². The van der Waals surface area contributed by atoms with E-state index in [0.717, 1.165) is 25.0 Å². The Morgan fingerprint density at radius 1 is 1.59 bits per heavy atom. The van der Waals surface area contributed by atoms with Crippen LogP contribution in [0.2, 0.25) is 0 Å². The molecule has 0 radical (unpaired) electrons. The maximum Gasteiger partial charge on any atom is 0.303 e. The predicted octanol–water partition coefficient (Wildman–Crippen LogP) is 0.422. The summed E-state index contributed by atoms with van der Waals surface area (Å²) >= 11 is 1.88. The third-order valence-electron chi connectivity index (χ3n) is 3.12. The molecule has 2 heterocycles. The molecule has 3 atom stereocenters. The molecule has 0 amide bonds. The van der Waals surface area contributed by atoms with Crippen molar-refractivity contribution >= 4 is 23.7 Å². The maximum absolute atomic E-state index is 10.4. The van der Waals surface area contributed by atoms with Gasteiger partial charge in [0.2, 0.25) is 5.96 Å². The number of hydroxylamine groups is 1. The Morgan fingerprint density at radius 2 is 2.41 bits per heavy atom. The second-order valence-electron chi connectivity index (χ2n) is 4.34. The van der Waals surface area contributed by atoms with Gasteiger partial charge >= 0.3 is 5.97 Å². The normalized spacial score (nSPS) is 30.6. The van der Waals surface area contributed by atoms with E-state index in [2.05, 4.69) is 10.3 Å². The number of unbranched alkanes of at least 4 members (excludes halogenated alkanes) is 1. The van der Waals surface area contributed by atoms with Gasteiger partial charge in [-0.15, -0.1) is 0 Å². The second kappa shape index (κ2) is 5.59. The van der Waals surface area contributed by atoms with Crippen LogP contribution in [-0.2, 0) is 4.79 Å². The molecule has 7 heteroatoms. The van der Waals surface area contributed by atoms with Crippen LogP contribution in [0, 0.1) is 0 Å². The van der Waals surface area contributed by atoms with Crippen molar-refractivity contribution in [2.75, 3.05) is 5.75 Å². The number of rotatable bonds is 5. The molecule has 1 saturated heterocycles. The topological polar surface area (TPSA) is 94.0 Å². The lowest BCUT2D eigenvalue weighted by atomic mass is 10.0. The van der Waals surface area contributed by atoms with Crippen LogP contribution in [-0.4, -0.2) is 45.3 Å². The number of hydrogen-bond donors (Lipinski definition) is 4. The number of carboxylic acids is 1. The highest BCUT2D eigenvalue weighted by Gasteiger charge is 2.40. The van der Waals surface area contributed by atoms with Gasteiger partial charge < -0.3 is 10.4 Å². The van der Waals surface area contributed by atoms with E-state index >= 15 is 0 Å². The number of guanidine groups is 1. The molecule has 0 aromatic heterocycles. The van der Waals surface area contributed by atoms with Crippen molar-refractivity contribution in [3.63, 3.8) is 0 Å². The van der Waals surface area contributed by atoms with Crippen LogP contribution in [0.5, 0.6) is 0 Å². The van der Waals surface area contributed by atoms with Crippen LogP contribution in [0.3, 0.4) is 0 Å². The molecule has 0 unspecified atom stereocenters. The predicted molar refractivity (Wildman–Crippen MR) is 65.4 cm³/mol. The van der Waals surface area contributed by atoms with Gasteiger partial charge in [0.15, 0.2) is 0 Å². The Bertz CT molecular complexity index is 324. The van der Waals surface area contributed by atoms with Crippen molar-refractivity contribution in [1.29, 1.82) is 0 Å². The minimum Gasteiger partial charge on any atom is -0.481 e. The SMILES string of the molecule is O=C(O)CCCC[C@@H]1SC[C@@H]2NC(NO)=N[C@@H]21. The summed E-state index contributed by atoms with van der Waals surface area (Å²) in [7, 11) is 0. The molecule has 96 valence electrons. The lowest BCUT2D eigenvalue weighted by Crippen LogP contribution is -2.39. The number of aliphatic imine (C=N–C) groups is 1. The fourth-order valence-corrected chi connectivity index (χ4v) is 3.80. The van der Waals surface area contributed by atoms with Gasteiger partial charge in [0.25, 0.3) is 0 Å². The van der Waals surface area contributed by atoms with E-state index in [1.165, 1.54) is 0 Å². The zero-order chi connectivity index (χ0) is 12.3. The minimum absolute atomic E-state index is 0.208. The van der Waals surface area contributed by atoms with Crippen molar-refractivity contribution in [3.05, 3.63) is 0 Å². The van der Waals surface area contributed by atoms with E-state index in [-0.39, 0.29) is 12.5 Å². The Morgan fingerprint density at radius 3 is 3.12 bits per heavy atom. The summed E-state index contributed by atoms with van der Waals surface area (Å²) in [6.07, 6.45) is 2.88. The maximum atomic E-state index is 10.4. The average Bonchev–Trinajstić information content (AvgIpc) is 2.84. The lowest BCUT2D eigenvalue weighted by molar-refractivity contribution is -0.137. The van der Waals surface area contributed by atoms with Gasteiger partial charge in [-0.2, -0.15) is 11.8 Å². The standard InChI is InChI=1S/C10H17N3O3S/c14-8(15)4-2-1-3-7-9-6(5-17-7)11-10(12-9)13-16/h6-7,9,16H,1-5H2,(H,14,15)(H2,11,12,13)/t6-,7-,9-/m0/s1. The third-order valence-corrected chi connectivity index (χ3v) is 4.61. The smallest absolute Gasteiger partial charge is 0.303 e. The lowest BCUT2D eigenvalue weighted by Gasteiger charge is -2.13. The number of aliphatic carboxylic acids is 1. The van der Waals surface area contributed by atoms with Crippen LogP contribution in [0.25, 0.3) is 0 Å². The molecule has 2 aliphatic rings. The monoisotopic (exact) mass is 259 g/mol. The van der Waals surface area contributed by atoms with Gasteiger partial charge in [0, 0.05) is 17.4 Å². The van der Waals surface area contributed by atoms with Crippen molar-refractivity contribution in [2.24, 2.45) is 4.99 Å². The van der Waals surface area contributed by atoms with E-state index in [4.69, 9.17) is 10.3 Å². The largest absolute Gasteiger partial charge is 0.481 e. The van der Waals surface area contributed by atoms with Gasteiger partial charge in [-0.3, -0.25) is 10.0 Å². The number of carbonyl (C=O) groups is 1. The van der Waals surface area contributed by atoms with E-state index in [1.807, 2.05) is 17.2 Å². The summed E-state index contributed by atoms with van der Waals surface area (Å²) in [4.78, 5) is 14.8. The molecule has 0 aromatic rings. The van der Waals surface area contributed by atoms with E-state index < -0.39 is 5.97 Å². The third kappa shape index (κ3) is 3.04. The van der Waals surface area contributed by atoms with Crippen LogP contribution < -0.4 is 10.8 Å². The van der Waals surface area contributed by atoms with Gasteiger partial charge in [-0.1, -0.05) is 6.42 Å². The van der Waals surface area contributed by atoms with E-state index in [0.29, 0.717) is 17.3 Å². The molecular weight excluding hydrogens is 242 g/mol. The van der Waals surface area contributed by atoms with Crippen LogP contribution in [0.4, 0.5) is 0 Å². The molecule has 0 spiro atoms. The summed E-state index contributed by atoms with van der Waals surface area (Å²) in [5.74, 6) is 0.716. The molecular formula is C10H17N3O3S. The average molecular weight is 259 g/mol. The highest BCUT2D eigenvalue weighted by molar-refractivity contribution is 8.00. The number of nitrogens with one attached hydrogen (secondary N) is 2. The summed E-state index contributed by atoms with van der Waals surface area (Å²) < 4.78 is 0. The number of nitrogens with zero attached hydrogens (tertiary/aromatic N) is 1. The summed E-state index contributed by atoms with van der Waals surface area (Å²) in [5.41, 5.74) is 2.05. The Labute approximate surface area is 104 Å². The first-order valence-electron chi connectivity index (χ1n) is 5.78. The molecule has 6 nitrogen and oxygen atoms in total. The molecule has 0 saturated carbocycles. The molecule has 2 aliphatic heterocycles. The Kier molecular flexibility index (Phi) is 4.11. The molecule has 4 N–H and O–H groups in total.